The molecule has 1 saturated heterocycles. The monoisotopic (exact) mass is 250 g/mol. The van der Waals surface area contributed by atoms with Crippen molar-refractivity contribution in [3.05, 3.63) is 18.0 Å². The maximum atomic E-state index is 12.0. The maximum Gasteiger partial charge on any atom is 0.268 e. The molecule has 1 unspecified atom stereocenters. The molecule has 0 aromatic carbocycles. The number of likely N-dealkylation sites (tertiary alicyclic amines) is 1. The Morgan fingerprint density at radius 3 is 2.78 bits per heavy atom. The highest BCUT2D eigenvalue weighted by Gasteiger charge is 2.24. The standard InChI is InChI=1S/C12H18N4O2/c1-15-6-8(13)5-10(15)12(18)14-9-3-4-11(17)16(2)7-9/h5-6,9H,3-4,7,13H2,1-2H3,(H,14,18). The van der Waals surface area contributed by atoms with Crippen LogP contribution in [0.3, 0.4) is 0 Å². The van der Waals surface area contributed by atoms with Crippen LogP contribution in [0.5, 0.6) is 0 Å². The molecule has 1 atom stereocenters. The molecule has 18 heavy (non-hydrogen) atoms. The predicted octanol–water partition coefficient (Wildman–Crippen LogP) is -0.0421. The zero-order valence-corrected chi connectivity index (χ0v) is 10.6. The lowest BCUT2D eigenvalue weighted by atomic mass is 10.1. The number of hydrogen-bond acceptors (Lipinski definition) is 3. The van der Waals surface area contributed by atoms with Crippen LogP contribution in [0.15, 0.2) is 12.3 Å². The molecular weight excluding hydrogens is 232 g/mol. The molecule has 2 rings (SSSR count). The number of carbonyl (C=O) groups excluding carboxylic acids is 2. The first kappa shape index (κ1) is 12.5. The summed E-state index contributed by atoms with van der Waals surface area (Å²) in [5, 5.41) is 2.93. The van der Waals surface area contributed by atoms with Crippen LogP contribution in [0.1, 0.15) is 23.3 Å². The van der Waals surface area contributed by atoms with E-state index in [1.165, 1.54) is 0 Å². The van der Waals surface area contributed by atoms with Gasteiger partial charge in [-0.15, -0.1) is 0 Å². The summed E-state index contributed by atoms with van der Waals surface area (Å²) in [6.07, 6.45) is 2.87. The number of rotatable bonds is 2. The third-order valence-electron chi connectivity index (χ3n) is 3.22. The van der Waals surface area contributed by atoms with Crippen LogP contribution in [0.2, 0.25) is 0 Å². The third-order valence-corrected chi connectivity index (χ3v) is 3.22. The molecule has 2 heterocycles. The van der Waals surface area contributed by atoms with Gasteiger partial charge in [-0.2, -0.15) is 0 Å². The quantitative estimate of drug-likeness (QED) is 0.772. The number of anilines is 1. The summed E-state index contributed by atoms with van der Waals surface area (Å²) in [6, 6.07) is 1.66. The van der Waals surface area contributed by atoms with Crippen LogP contribution < -0.4 is 11.1 Å². The Morgan fingerprint density at radius 2 is 2.22 bits per heavy atom. The normalized spacial score (nSPS) is 20.0. The number of nitrogens with zero attached hydrogens (tertiary/aromatic N) is 2. The van der Waals surface area contributed by atoms with Gasteiger partial charge in [0.1, 0.15) is 5.69 Å². The Hall–Kier alpha value is -1.98. The van der Waals surface area contributed by atoms with Crippen molar-refractivity contribution in [2.75, 3.05) is 19.3 Å². The number of carbonyl (C=O) groups is 2. The average Bonchev–Trinajstić information content (AvgIpc) is 2.63. The SMILES string of the molecule is CN1CC(NC(=O)c2cc(N)cn2C)CCC1=O. The Bertz CT molecular complexity index is 480. The number of nitrogen functional groups attached to an aromatic ring is 1. The first-order chi connectivity index (χ1) is 8.47. The van der Waals surface area contributed by atoms with Gasteiger partial charge in [-0.05, 0) is 12.5 Å². The lowest BCUT2D eigenvalue weighted by Gasteiger charge is -2.30. The van der Waals surface area contributed by atoms with Gasteiger partial charge in [-0.25, -0.2) is 0 Å². The number of nitrogens with one attached hydrogen (secondary N) is 1. The van der Waals surface area contributed by atoms with Crippen molar-refractivity contribution in [1.82, 2.24) is 14.8 Å². The minimum atomic E-state index is -0.151. The Kier molecular flexibility index (Phi) is 3.27. The molecule has 0 radical (unpaired) electrons. The number of amides is 2. The molecule has 0 bridgehead atoms. The van der Waals surface area contributed by atoms with Gasteiger partial charge in [0.25, 0.3) is 5.91 Å². The number of hydrogen-bond donors (Lipinski definition) is 2. The van der Waals surface area contributed by atoms with Crippen LogP contribution in [0.25, 0.3) is 0 Å². The number of likely N-dealkylation sites (N-methyl/N-ethyl adjacent to an activating group) is 1. The zero-order chi connectivity index (χ0) is 13.3. The predicted molar refractivity (Wildman–Crippen MR) is 68.0 cm³/mol. The van der Waals surface area contributed by atoms with Gasteiger partial charge in [-0.3, -0.25) is 9.59 Å². The Balaban J connectivity index is 2.00. The van der Waals surface area contributed by atoms with Gasteiger partial charge in [0.05, 0.1) is 5.69 Å². The van der Waals surface area contributed by atoms with Crippen LogP contribution in [0, 0.1) is 0 Å². The molecule has 1 aromatic rings. The van der Waals surface area contributed by atoms with Crippen molar-refractivity contribution in [2.45, 2.75) is 18.9 Å². The van der Waals surface area contributed by atoms with E-state index < -0.39 is 0 Å². The van der Waals surface area contributed by atoms with E-state index in [9.17, 15) is 9.59 Å². The second-order valence-electron chi connectivity index (χ2n) is 4.75. The molecule has 0 aliphatic carbocycles. The van der Waals surface area contributed by atoms with E-state index in [4.69, 9.17) is 5.73 Å². The highest BCUT2D eigenvalue weighted by molar-refractivity contribution is 5.94. The maximum absolute atomic E-state index is 12.0. The van der Waals surface area contributed by atoms with Crippen LogP contribution in [-0.2, 0) is 11.8 Å². The molecule has 1 aromatic heterocycles. The van der Waals surface area contributed by atoms with Crippen molar-refractivity contribution < 1.29 is 9.59 Å². The van der Waals surface area contributed by atoms with E-state index in [2.05, 4.69) is 5.32 Å². The summed E-state index contributed by atoms with van der Waals surface area (Å²) in [4.78, 5) is 25.0. The zero-order valence-electron chi connectivity index (χ0n) is 10.6. The van der Waals surface area contributed by atoms with Gasteiger partial charge >= 0.3 is 0 Å². The largest absolute Gasteiger partial charge is 0.397 e. The van der Waals surface area contributed by atoms with Crippen molar-refractivity contribution in [3.63, 3.8) is 0 Å². The van der Waals surface area contributed by atoms with Crippen LogP contribution in [0.4, 0.5) is 5.69 Å². The first-order valence-corrected chi connectivity index (χ1v) is 5.94. The molecule has 2 amide bonds. The van der Waals surface area contributed by atoms with E-state index in [1.807, 2.05) is 0 Å². The number of aromatic nitrogens is 1. The highest BCUT2D eigenvalue weighted by Crippen LogP contribution is 2.12. The molecular formula is C12H18N4O2. The second kappa shape index (κ2) is 4.72. The smallest absolute Gasteiger partial charge is 0.268 e. The van der Waals surface area contributed by atoms with Crippen LogP contribution >= 0.6 is 0 Å². The van der Waals surface area contributed by atoms with E-state index in [1.54, 1.807) is 35.8 Å². The first-order valence-electron chi connectivity index (χ1n) is 5.94. The Labute approximate surface area is 106 Å². The van der Waals surface area contributed by atoms with E-state index in [0.717, 1.165) is 0 Å². The molecule has 1 fully saturated rings. The molecule has 0 saturated carbocycles. The Morgan fingerprint density at radius 1 is 1.50 bits per heavy atom. The van der Waals surface area contributed by atoms with Gasteiger partial charge < -0.3 is 20.5 Å². The topological polar surface area (TPSA) is 80.4 Å². The van der Waals surface area contributed by atoms with Crippen molar-refractivity contribution in [3.8, 4) is 0 Å². The summed E-state index contributed by atoms with van der Waals surface area (Å²) in [5.74, 6) is -0.0226. The van der Waals surface area contributed by atoms with Crippen molar-refractivity contribution in [1.29, 1.82) is 0 Å². The molecule has 1 aliphatic heterocycles. The molecule has 6 heteroatoms. The molecule has 6 nitrogen and oxygen atoms in total. The van der Waals surface area contributed by atoms with Crippen LogP contribution in [-0.4, -0.2) is 40.9 Å². The number of nitrogens with two attached hydrogens (primary N) is 1. The second-order valence-corrected chi connectivity index (χ2v) is 4.75. The lowest BCUT2D eigenvalue weighted by Crippen LogP contribution is -2.48. The summed E-state index contributed by atoms with van der Waals surface area (Å²) >= 11 is 0. The van der Waals surface area contributed by atoms with Gasteiger partial charge in [0, 0.05) is 39.3 Å². The van der Waals surface area contributed by atoms with Gasteiger partial charge in [0.2, 0.25) is 5.91 Å². The van der Waals surface area contributed by atoms with Gasteiger partial charge in [0.15, 0.2) is 0 Å². The summed E-state index contributed by atoms with van der Waals surface area (Å²) < 4.78 is 1.70. The average molecular weight is 250 g/mol. The molecule has 1 aliphatic rings. The van der Waals surface area contributed by atoms with E-state index >= 15 is 0 Å². The van der Waals surface area contributed by atoms with Crippen molar-refractivity contribution in [2.24, 2.45) is 7.05 Å². The molecule has 0 spiro atoms. The van der Waals surface area contributed by atoms with Gasteiger partial charge in [-0.1, -0.05) is 0 Å². The number of aryl methyl sites for hydroxylation is 1. The van der Waals surface area contributed by atoms with Crippen molar-refractivity contribution >= 4 is 17.5 Å². The summed E-state index contributed by atoms with van der Waals surface area (Å²) in [5.41, 5.74) is 6.74. The lowest BCUT2D eigenvalue weighted by molar-refractivity contribution is -0.132. The summed E-state index contributed by atoms with van der Waals surface area (Å²) in [6.45, 7) is 0.560. The molecule has 3 N–H and O–H groups in total. The molecule has 98 valence electrons. The minimum absolute atomic E-state index is 0.0105. The fourth-order valence-corrected chi connectivity index (χ4v) is 2.21. The fourth-order valence-electron chi connectivity index (χ4n) is 2.21. The summed E-state index contributed by atoms with van der Waals surface area (Å²) in [7, 11) is 3.53. The minimum Gasteiger partial charge on any atom is -0.397 e. The highest BCUT2D eigenvalue weighted by atomic mass is 16.2. The fraction of sp³-hybridized carbons (Fsp3) is 0.500. The van der Waals surface area contributed by atoms with E-state index in [0.29, 0.717) is 30.8 Å². The number of piperidine rings is 1. The third kappa shape index (κ3) is 2.47. The van der Waals surface area contributed by atoms with E-state index in [-0.39, 0.29) is 17.9 Å².